The highest BCUT2D eigenvalue weighted by Crippen LogP contribution is 2.21. The molecule has 2 atom stereocenters. The molecule has 1 aromatic rings. The van der Waals surface area contributed by atoms with E-state index in [0.29, 0.717) is 11.3 Å². The largest absolute Gasteiger partial charge is 0.480 e. The highest BCUT2D eigenvalue weighted by atomic mass is 32.1. The molecule has 2 rings (SSSR count). The number of hydrogen-bond acceptors (Lipinski definition) is 4. The minimum atomic E-state index is -0.974. The number of nitrogens with one attached hydrogen (secondary N) is 1. The van der Waals surface area contributed by atoms with Gasteiger partial charge in [0.25, 0.3) is 5.91 Å². The van der Waals surface area contributed by atoms with Crippen molar-refractivity contribution in [3.63, 3.8) is 0 Å². The van der Waals surface area contributed by atoms with Crippen molar-refractivity contribution in [2.45, 2.75) is 52.1 Å². The average Bonchev–Trinajstić information content (AvgIpc) is 3.01. The van der Waals surface area contributed by atoms with Crippen molar-refractivity contribution in [2.24, 2.45) is 5.92 Å². The Morgan fingerprint density at radius 1 is 1.30 bits per heavy atom. The predicted molar refractivity (Wildman–Crippen MR) is 91.8 cm³/mol. The Bertz CT molecular complexity index is 538. The summed E-state index contributed by atoms with van der Waals surface area (Å²) in [6.07, 6.45) is 4.50. The molecule has 5 nitrogen and oxygen atoms in total. The molecule has 0 aromatic carbocycles. The van der Waals surface area contributed by atoms with Crippen LogP contribution in [0.1, 0.15) is 54.1 Å². The molecule has 0 spiro atoms. The van der Waals surface area contributed by atoms with Gasteiger partial charge in [-0.2, -0.15) is 0 Å². The Balaban J connectivity index is 1.95. The van der Waals surface area contributed by atoms with E-state index in [-0.39, 0.29) is 11.8 Å². The minimum Gasteiger partial charge on any atom is -0.480 e. The Labute approximate surface area is 141 Å². The lowest BCUT2D eigenvalue weighted by Crippen LogP contribution is -2.44. The zero-order chi connectivity index (χ0) is 16.8. The third-order valence-electron chi connectivity index (χ3n) is 4.48. The van der Waals surface area contributed by atoms with Gasteiger partial charge >= 0.3 is 5.97 Å². The number of nitrogens with zero attached hydrogens (tertiary/aromatic N) is 1. The number of carboxylic acids is 1. The van der Waals surface area contributed by atoms with E-state index in [1.807, 2.05) is 19.9 Å². The summed E-state index contributed by atoms with van der Waals surface area (Å²) in [5.74, 6) is -1.35. The Morgan fingerprint density at radius 3 is 2.61 bits per heavy atom. The first-order chi connectivity index (χ1) is 11.0. The lowest BCUT2D eigenvalue weighted by molar-refractivity contribution is -0.140. The molecule has 6 heteroatoms. The molecular formula is C17H26N2O3S. The van der Waals surface area contributed by atoms with Crippen molar-refractivity contribution < 1.29 is 14.7 Å². The third-order valence-corrected chi connectivity index (χ3v) is 5.55. The van der Waals surface area contributed by atoms with Crippen LogP contribution in [0, 0.1) is 5.92 Å². The van der Waals surface area contributed by atoms with Crippen LogP contribution in [0.3, 0.4) is 0 Å². The molecule has 2 N–H and O–H groups in total. The molecule has 0 saturated carbocycles. The summed E-state index contributed by atoms with van der Waals surface area (Å²) in [4.78, 5) is 27.8. The number of carbonyl (C=O) groups excluding carboxylic acids is 1. The number of carbonyl (C=O) groups is 2. The van der Waals surface area contributed by atoms with E-state index in [1.54, 1.807) is 6.07 Å². The normalized spacial score (nSPS) is 18.3. The molecule has 2 heterocycles. The van der Waals surface area contributed by atoms with Crippen LogP contribution in [0.15, 0.2) is 12.1 Å². The summed E-state index contributed by atoms with van der Waals surface area (Å²) < 4.78 is 0. The van der Waals surface area contributed by atoms with Gasteiger partial charge in [-0.15, -0.1) is 11.3 Å². The number of piperidine rings is 1. The van der Waals surface area contributed by atoms with Crippen LogP contribution >= 0.6 is 11.3 Å². The third kappa shape index (κ3) is 5.04. The average molecular weight is 338 g/mol. The van der Waals surface area contributed by atoms with Crippen LogP contribution in [-0.2, 0) is 11.3 Å². The number of thiophene rings is 1. The molecule has 1 fully saturated rings. The van der Waals surface area contributed by atoms with Crippen molar-refractivity contribution >= 4 is 23.2 Å². The monoisotopic (exact) mass is 338 g/mol. The summed E-state index contributed by atoms with van der Waals surface area (Å²) in [5.41, 5.74) is 0. The van der Waals surface area contributed by atoms with E-state index in [2.05, 4.69) is 10.2 Å². The molecule has 23 heavy (non-hydrogen) atoms. The van der Waals surface area contributed by atoms with Gasteiger partial charge in [0.05, 0.1) is 4.88 Å². The van der Waals surface area contributed by atoms with Crippen LogP contribution in [-0.4, -0.2) is 41.0 Å². The highest BCUT2D eigenvalue weighted by Gasteiger charge is 2.26. The summed E-state index contributed by atoms with van der Waals surface area (Å²) in [6.45, 7) is 6.89. The van der Waals surface area contributed by atoms with Crippen LogP contribution in [0.2, 0.25) is 0 Å². The SMILES string of the molecule is CC[C@H](C)[C@H](NC(=O)c1ccc(CN2CCCCC2)s1)C(=O)O. The number of rotatable bonds is 7. The Morgan fingerprint density at radius 2 is 2.00 bits per heavy atom. The number of aliphatic carboxylic acids is 1. The first kappa shape index (κ1) is 17.9. The fourth-order valence-corrected chi connectivity index (χ4v) is 3.77. The molecule has 1 aliphatic heterocycles. The van der Waals surface area contributed by atoms with Crippen molar-refractivity contribution in [1.82, 2.24) is 10.2 Å². The van der Waals surface area contributed by atoms with Crippen LogP contribution in [0.5, 0.6) is 0 Å². The van der Waals surface area contributed by atoms with Crippen LogP contribution < -0.4 is 5.32 Å². The zero-order valence-corrected chi connectivity index (χ0v) is 14.7. The van der Waals surface area contributed by atoms with Gasteiger partial charge in [-0.25, -0.2) is 4.79 Å². The standard InChI is InChI=1S/C17H26N2O3S/c1-3-12(2)15(17(21)22)18-16(20)14-8-7-13(23-14)11-19-9-5-4-6-10-19/h7-8,12,15H,3-6,9-11H2,1-2H3,(H,18,20)(H,21,22)/t12-,15-/m0/s1. The van der Waals surface area contributed by atoms with Crippen molar-refractivity contribution in [1.29, 1.82) is 0 Å². The highest BCUT2D eigenvalue weighted by molar-refractivity contribution is 7.14. The van der Waals surface area contributed by atoms with Crippen molar-refractivity contribution in [3.05, 3.63) is 21.9 Å². The van der Waals surface area contributed by atoms with E-state index in [1.165, 1.54) is 30.6 Å². The second-order valence-electron chi connectivity index (χ2n) is 6.28. The van der Waals surface area contributed by atoms with Crippen molar-refractivity contribution in [2.75, 3.05) is 13.1 Å². The maximum atomic E-state index is 12.3. The molecule has 1 aliphatic rings. The number of carboxylic acid groups (broad SMARTS) is 1. The lowest BCUT2D eigenvalue weighted by atomic mass is 9.99. The van der Waals surface area contributed by atoms with E-state index in [0.717, 1.165) is 24.5 Å². The van der Waals surface area contributed by atoms with Crippen molar-refractivity contribution in [3.8, 4) is 0 Å². The smallest absolute Gasteiger partial charge is 0.326 e. The molecule has 1 aromatic heterocycles. The van der Waals surface area contributed by atoms with Gasteiger partial charge in [-0.3, -0.25) is 9.69 Å². The quantitative estimate of drug-likeness (QED) is 0.802. The number of hydrogen-bond donors (Lipinski definition) is 2. The molecule has 1 saturated heterocycles. The van der Waals surface area contributed by atoms with Gasteiger partial charge in [-0.1, -0.05) is 26.7 Å². The summed E-state index contributed by atoms with van der Waals surface area (Å²) in [7, 11) is 0. The second-order valence-corrected chi connectivity index (χ2v) is 7.45. The van der Waals surface area contributed by atoms with E-state index in [4.69, 9.17) is 0 Å². The summed E-state index contributed by atoms with van der Waals surface area (Å²) in [6, 6.07) is 2.95. The first-order valence-corrected chi connectivity index (χ1v) is 9.17. The summed E-state index contributed by atoms with van der Waals surface area (Å²) >= 11 is 1.46. The fraction of sp³-hybridized carbons (Fsp3) is 0.647. The Hall–Kier alpha value is -1.40. The van der Waals surface area contributed by atoms with Crippen LogP contribution in [0.4, 0.5) is 0 Å². The molecule has 0 radical (unpaired) electrons. The zero-order valence-electron chi connectivity index (χ0n) is 13.9. The van der Waals surface area contributed by atoms with Gasteiger partial charge in [0, 0.05) is 11.4 Å². The van der Waals surface area contributed by atoms with E-state index >= 15 is 0 Å². The predicted octanol–water partition coefficient (Wildman–Crippen LogP) is 2.96. The van der Waals surface area contributed by atoms with E-state index < -0.39 is 12.0 Å². The topological polar surface area (TPSA) is 69.6 Å². The fourth-order valence-electron chi connectivity index (χ4n) is 2.82. The van der Waals surface area contributed by atoms with Gasteiger partial charge in [0.15, 0.2) is 0 Å². The van der Waals surface area contributed by atoms with Gasteiger partial charge in [0.1, 0.15) is 6.04 Å². The van der Waals surface area contributed by atoms with Gasteiger partial charge < -0.3 is 10.4 Å². The molecule has 0 aliphatic carbocycles. The van der Waals surface area contributed by atoms with E-state index in [9.17, 15) is 14.7 Å². The maximum Gasteiger partial charge on any atom is 0.326 e. The molecule has 0 unspecified atom stereocenters. The number of likely N-dealkylation sites (tertiary alicyclic amines) is 1. The van der Waals surface area contributed by atoms with Gasteiger partial charge in [0.2, 0.25) is 0 Å². The Kier molecular flexibility index (Phi) is 6.59. The first-order valence-electron chi connectivity index (χ1n) is 8.36. The number of amides is 1. The minimum absolute atomic E-state index is 0.0933. The van der Waals surface area contributed by atoms with Gasteiger partial charge in [-0.05, 0) is 44.0 Å². The molecule has 1 amide bonds. The maximum absolute atomic E-state index is 12.3. The van der Waals surface area contributed by atoms with Crippen LogP contribution in [0.25, 0.3) is 0 Å². The lowest BCUT2D eigenvalue weighted by Gasteiger charge is -2.25. The molecule has 0 bridgehead atoms. The second kappa shape index (κ2) is 8.45. The molecule has 128 valence electrons. The molecular weight excluding hydrogens is 312 g/mol. The summed E-state index contributed by atoms with van der Waals surface area (Å²) in [5, 5.41) is 11.9.